The van der Waals surface area contributed by atoms with Crippen LogP contribution in [0.25, 0.3) is 0 Å². The summed E-state index contributed by atoms with van der Waals surface area (Å²) in [6.45, 7) is 11.8. The molecule has 4 nitrogen and oxygen atoms in total. The van der Waals surface area contributed by atoms with Crippen molar-refractivity contribution in [2.75, 3.05) is 6.35 Å². The molecule has 0 aliphatic rings. The molecule has 1 aromatic carbocycles. The summed E-state index contributed by atoms with van der Waals surface area (Å²) in [6, 6.07) is 5.70. The average Bonchev–Trinajstić information content (AvgIpc) is 2.51. The summed E-state index contributed by atoms with van der Waals surface area (Å²) in [5, 5.41) is 9.94. The van der Waals surface area contributed by atoms with Crippen LogP contribution in [-0.2, 0) is 11.2 Å². The summed E-state index contributed by atoms with van der Waals surface area (Å²) in [7, 11) is -2.08. The van der Waals surface area contributed by atoms with Gasteiger partial charge in [-0.05, 0) is 60.6 Å². The summed E-state index contributed by atoms with van der Waals surface area (Å²) >= 11 is 0. The second-order valence-electron chi connectivity index (χ2n) is 5.98. The topological polar surface area (TPSA) is 69.9 Å². The van der Waals surface area contributed by atoms with Crippen molar-refractivity contribution in [1.29, 1.82) is 0 Å². The van der Waals surface area contributed by atoms with Crippen molar-refractivity contribution in [1.82, 2.24) is 0 Å². The lowest BCUT2D eigenvalue weighted by Gasteiger charge is -2.13. The monoisotopic (exact) mass is 350 g/mol. The summed E-state index contributed by atoms with van der Waals surface area (Å²) in [5.74, 6) is 0.987. The predicted octanol–water partition coefficient (Wildman–Crippen LogP) is 4.74. The highest BCUT2D eigenvalue weighted by Crippen LogP contribution is 2.28. The van der Waals surface area contributed by atoms with Crippen LogP contribution in [0.4, 0.5) is 0 Å². The molecule has 3 N–H and O–H groups in total. The fourth-order valence-corrected chi connectivity index (χ4v) is 2.66. The Balaban J connectivity index is 2.88. The standard InChI is InChI=1S/C19H27O4P/c1-6-17(14(4)9-15(5)23-12-24(21)22)10-16-7-8-19(20)18(11-16)13(2)3/h6-9,11,13,20-22H,5,10,12H2,1-4H3/b14-9-,17-6-. The van der Waals surface area contributed by atoms with Gasteiger partial charge in [0.1, 0.15) is 11.5 Å². The first kappa shape index (κ1) is 20.4. The number of hydrogen-bond donors (Lipinski definition) is 3. The molecular weight excluding hydrogens is 323 g/mol. The van der Waals surface area contributed by atoms with Gasteiger partial charge in [-0.25, -0.2) is 0 Å². The second-order valence-corrected chi connectivity index (χ2v) is 6.98. The maximum Gasteiger partial charge on any atom is 0.205 e. The highest BCUT2D eigenvalue weighted by molar-refractivity contribution is 7.44. The van der Waals surface area contributed by atoms with Gasteiger partial charge in [-0.1, -0.05) is 38.6 Å². The van der Waals surface area contributed by atoms with E-state index in [0.29, 0.717) is 11.5 Å². The molecule has 0 radical (unpaired) electrons. The van der Waals surface area contributed by atoms with Crippen LogP contribution in [0.5, 0.6) is 5.75 Å². The smallest absolute Gasteiger partial charge is 0.205 e. The normalized spacial score (nSPS) is 12.8. The fraction of sp³-hybridized carbons (Fsp3) is 0.368. The number of rotatable bonds is 8. The number of ether oxygens (including phenoxy) is 1. The van der Waals surface area contributed by atoms with Crippen LogP contribution in [0.15, 0.2) is 53.8 Å². The van der Waals surface area contributed by atoms with Gasteiger partial charge in [-0.2, -0.15) is 0 Å². The highest BCUT2D eigenvalue weighted by Gasteiger charge is 2.09. The lowest BCUT2D eigenvalue weighted by atomic mass is 9.94. The quantitative estimate of drug-likeness (QED) is 0.360. The summed E-state index contributed by atoms with van der Waals surface area (Å²) in [5.41, 5.74) is 4.19. The Morgan fingerprint density at radius 3 is 2.54 bits per heavy atom. The molecular formula is C19H27O4P. The zero-order valence-electron chi connectivity index (χ0n) is 14.8. The second kappa shape index (κ2) is 9.63. The molecule has 24 heavy (non-hydrogen) atoms. The molecule has 0 spiro atoms. The summed E-state index contributed by atoms with van der Waals surface area (Å²) < 4.78 is 5.18. The van der Waals surface area contributed by atoms with Crippen LogP contribution >= 0.6 is 8.38 Å². The van der Waals surface area contributed by atoms with E-state index in [-0.39, 0.29) is 12.3 Å². The molecule has 0 aliphatic heterocycles. The summed E-state index contributed by atoms with van der Waals surface area (Å²) in [6.07, 6.45) is 4.42. The van der Waals surface area contributed by atoms with Crippen molar-refractivity contribution < 1.29 is 19.6 Å². The van der Waals surface area contributed by atoms with Crippen LogP contribution in [0.2, 0.25) is 0 Å². The number of hydrogen-bond acceptors (Lipinski definition) is 4. The molecule has 5 heteroatoms. The van der Waals surface area contributed by atoms with Crippen LogP contribution in [0.1, 0.15) is 44.7 Å². The lowest BCUT2D eigenvalue weighted by Crippen LogP contribution is -1.97. The Hall–Kier alpha value is -1.61. The molecule has 0 amide bonds. The van der Waals surface area contributed by atoms with E-state index in [2.05, 4.69) is 20.4 Å². The van der Waals surface area contributed by atoms with Gasteiger partial charge in [0, 0.05) is 0 Å². The molecule has 0 saturated heterocycles. The van der Waals surface area contributed by atoms with Gasteiger partial charge in [-0.15, -0.1) is 0 Å². The van der Waals surface area contributed by atoms with Gasteiger partial charge in [0.2, 0.25) is 8.38 Å². The number of phenolic OH excluding ortho intramolecular Hbond substituents is 1. The van der Waals surface area contributed by atoms with Crippen molar-refractivity contribution in [3.8, 4) is 5.75 Å². The van der Waals surface area contributed by atoms with Crippen molar-refractivity contribution in [3.63, 3.8) is 0 Å². The number of phenols is 1. The Labute approximate surface area is 145 Å². The van der Waals surface area contributed by atoms with Crippen LogP contribution in [0, 0.1) is 0 Å². The van der Waals surface area contributed by atoms with Gasteiger partial charge < -0.3 is 19.6 Å². The van der Waals surface area contributed by atoms with E-state index in [1.165, 1.54) is 0 Å². The minimum Gasteiger partial charge on any atom is -0.508 e. The van der Waals surface area contributed by atoms with Crippen molar-refractivity contribution in [3.05, 3.63) is 65.0 Å². The number of allylic oxidation sites excluding steroid dienone is 4. The Morgan fingerprint density at radius 2 is 2.00 bits per heavy atom. The van der Waals surface area contributed by atoms with E-state index >= 15 is 0 Å². The van der Waals surface area contributed by atoms with Gasteiger partial charge in [0.05, 0.1) is 0 Å². The predicted molar refractivity (Wildman–Crippen MR) is 99.9 cm³/mol. The van der Waals surface area contributed by atoms with Crippen molar-refractivity contribution in [2.24, 2.45) is 0 Å². The van der Waals surface area contributed by atoms with E-state index in [1.807, 2.05) is 32.1 Å². The average molecular weight is 350 g/mol. The zero-order chi connectivity index (χ0) is 18.3. The van der Waals surface area contributed by atoms with Gasteiger partial charge >= 0.3 is 0 Å². The number of benzene rings is 1. The minimum atomic E-state index is -2.08. The minimum absolute atomic E-state index is 0.140. The van der Waals surface area contributed by atoms with Crippen LogP contribution in [-0.4, -0.2) is 21.2 Å². The van der Waals surface area contributed by atoms with E-state index in [1.54, 1.807) is 12.1 Å². The first-order valence-corrected chi connectivity index (χ1v) is 9.30. The third-order valence-corrected chi connectivity index (χ3v) is 4.07. The molecule has 1 rings (SSSR count). The molecule has 132 valence electrons. The highest BCUT2D eigenvalue weighted by atomic mass is 31.2. The van der Waals surface area contributed by atoms with E-state index in [0.717, 1.165) is 28.7 Å². The molecule has 1 aromatic rings. The third kappa shape index (κ3) is 6.48. The Morgan fingerprint density at radius 1 is 1.33 bits per heavy atom. The van der Waals surface area contributed by atoms with E-state index in [4.69, 9.17) is 14.5 Å². The maximum atomic E-state index is 9.94. The lowest BCUT2D eigenvalue weighted by molar-refractivity contribution is 0.263. The maximum absolute atomic E-state index is 9.94. The molecule has 0 heterocycles. The largest absolute Gasteiger partial charge is 0.508 e. The zero-order valence-corrected chi connectivity index (χ0v) is 15.7. The SMILES string of the molecule is C=C(/C=C(C)\C(=C/C)Cc1ccc(O)c(C(C)C)c1)OCP(O)O. The molecule has 0 fully saturated rings. The van der Waals surface area contributed by atoms with Crippen LogP contribution < -0.4 is 0 Å². The summed E-state index contributed by atoms with van der Waals surface area (Å²) in [4.78, 5) is 17.8. The molecule has 0 aliphatic carbocycles. The number of aromatic hydroxyl groups is 1. The Bertz CT molecular complexity index is 630. The molecule has 0 unspecified atom stereocenters. The van der Waals surface area contributed by atoms with Crippen molar-refractivity contribution >= 4 is 8.38 Å². The molecule has 0 bridgehead atoms. The van der Waals surface area contributed by atoms with Gasteiger partial charge in [0.25, 0.3) is 0 Å². The van der Waals surface area contributed by atoms with Crippen molar-refractivity contribution in [2.45, 2.75) is 40.0 Å². The Kier molecular flexibility index (Phi) is 8.20. The van der Waals surface area contributed by atoms with Gasteiger partial charge in [0.15, 0.2) is 6.35 Å². The molecule has 0 aromatic heterocycles. The first-order chi connectivity index (χ1) is 11.2. The van der Waals surface area contributed by atoms with Gasteiger partial charge in [-0.3, -0.25) is 0 Å². The third-order valence-electron chi connectivity index (χ3n) is 3.71. The molecule has 0 atom stereocenters. The van der Waals surface area contributed by atoms with E-state index in [9.17, 15) is 5.11 Å². The van der Waals surface area contributed by atoms with E-state index < -0.39 is 8.38 Å². The van der Waals surface area contributed by atoms with Crippen LogP contribution in [0.3, 0.4) is 0 Å². The fourth-order valence-electron chi connectivity index (χ4n) is 2.38. The molecule has 0 saturated carbocycles. The first-order valence-electron chi connectivity index (χ1n) is 7.87.